The van der Waals surface area contributed by atoms with E-state index in [-0.39, 0.29) is 11.3 Å². The van der Waals surface area contributed by atoms with Crippen molar-refractivity contribution >= 4 is 11.8 Å². The summed E-state index contributed by atoms with van der Waals surface area (Å²) in [6.07, 6.45) is 2.73. The standard InChI is InChI=1S/C18H25NO4/c1-3-23-17-5-4-14(18(21)22)12-15(17)16(20)8-11-19-9-6-13(2)7-10-19/h4-5,12-13H,3,6-11H2,1-2H3,(H,21,22). The van der Waals surface area contributed by atoms with Crippen LogP contribution in [0.3, 0.4) is 0 Å². The van der Waals surface area contributed by atoms with Gasteiger partial charge in [0.2, 0.25) is 0 Å². The van der Waals surface area contributed by atoms with Crippen molar-refractivity contribution in [2.75, 3.05) is 26.2 Å². The van der Waals surface area contributed by atoms with E-state index < -0.39 is 5.97 Å². The Kier molecular flexibility index (Phi) is 6.16. The molecule has 1 aliphatic heterocycles. The number of aromatic carboxylic acids is 1. The lowest BCUT2D eigenvalue weighted by Crippen LogP contribution is -2.34. The molecule has 0 amide bonds. The van der Waals surface area contributed by atoms with Crippen LogP contribution in [0.2, 0.25) is 0 Å². The maximum absolute atomic E-state index is 12.5. The van der Waals surface area contributed by atoms with Crippen LogP contribution in [-0.2, 0) is 0 Å². The van der Waals surface area contributed by atoms with E-state index in [1.54, 1.807) is 6.07 Å². The summed E-state index contributed by atoms with van der Waals surface area (Å²) in [4.78, 5) is 25.9. The molecule has 1 fully saturated rings. The molecular weight excluding hydrogens is 294 g/mol. The Morgan fingerprint density at radius 1 is 1.30 bits per heavy atom. The molecule has 1 saturated heterocycles. The first-order valence-corrected chi connectivity index (χ1v) is 8.27. The van der Waals surface area contributed by atoms with Gasteiger partial charge in [0.15, 0.2) is 5.78 Å². The van der Waals surface area contributed by atoms with Gasteiger partial charge in [-0.05, 0) is 57.0 Å². The predicted molar refractivity (Wildman–Crippen MR) is 88.4 cm³/mol. The molecule has 0 spiro atoms. The molecule has 2 rings (SSSR count). The number of Topliss-reactive ketones (excluding diaryl/α,β-unsaturated/α-hetero) is 1. The van der Waals surface area contributed by atoms with Crippen LogP contribution >= 0.6 is 0 Å². The summed E-state index contributed by atoms with van der Waals surface area (Å²) in [6.45, 7) is 7.32. The second-order valence-corrected chi connectivity index (χ2v) is 6.15. The Balaban J connectivity index is 2.04. The van der Waals surface area contributed by atoms with Gasteiger partial charge in [0.1, 0.15) is 5.75 Å². The first-order valence-electron chi connectivity index (χ1n) is 8.27. The fourth-order valence-electron chi connectivity index (χ4n) is 2.84. The summed E-state index contributed by atoms with van der Waals surface area (Å²) >= 11 is 0. The molecule has 0 unspecified atom stereocenters. The third-order valence-corrected chi connectivity index (χ3v) is 4.36. The van der Waals surface area contributed by atoms with Crippen molar-refractivity contribution in [1.29, 1.82) is 0 Å². The fourth-order valence-corrected chi connectivity index (χ4v) is 2.84. The lowest BCUT2D eigenvalue weighted by Gasteiger charge is -2.29. The Bertz CT molecular complexity index is 562. The first-order chi connectivity index (χ1) is 11.0. The van der Waals surface area contributed by atoms with Crippen molar-refractivity contribution in [3.63, 3.8) is 0 Å². The first kappa shape index (κ1) is 17.5. The van der Waals surface area contributed by atoms with Gasteiger partial charge in [-0.1, -0.05) is 6.92 Å². The van der Waals surface area contributed by atoms with E-state index in [0.29, 0.717) is 30.9 Å². The lowest BCUT2D eigenvalue weighted by molar-refractivity contribution is 0.0697. The zero-order valence-corrected chi connectivity index (χ0v) is 13.9. The quantitative estimate of drug-likeness (QED) is 0.782. The summed E-state index contributed by atoms with van der Waals surface area (Å²) in [7, 11) is 0. The molecule has 1 heterocycles. The summed E-state index contributed by atoms with van der Waals surface area (Å²) in [5, 5.41) is 9.11. The third kappa shape index (κ3) is 4.79. The number of ether oxygens (including phenoxy) is 1. The molecule has 0 aromatic heterocycles. The molecule has 0 radical (unpaired) electrons. The van der Waals surface area contributed by atoms with Gasteiger partial charge in [-0.15, -0.1) is 0 Å². The largest absolute Gasteiger partial charge is 0.493 e. The molecule has 1 aromatic carbocycles. The van der Waals surface area contributed by atoms with Crippen LogP contribution in [0.25, 0.3) is 0 Å². The average Bonchev–Trinajstić information content (AvgIpc) is 2.54. The minimum absolute atomic E-state index is 0.0600. The highest BCUT2D eigenvalue weighted by atomic mass is 16.5. The van der Waals surface area contributed by atoms with E-state index in [2.05, 4.69) is 11.8 Å². The summed E-state index contributed by atoms with van der Waals surface area (Å²) < 4.78 is 5.47. The summed E-state index contributed by atoms with van der Waals surface area (Å²) in [5.41, 5.74) is 0.487. The number of carboxylic acids is 1. The molecular formula is C18H25NO4. The second-order valence-electron chi connectivity index (χ2n) is 6.15. The molecule has 0 bridgehead atoms. The zero-order chi connectivity index (χ0) is 16.8. The SMILES string of the molecule is CCOc1ccc(C(=O)O)cc1C(=O)CCN1CCC(C)CC1. The zero-order valence-electron chi connectivity index (χ0n) is 13.9. The molecule has 5 heteroatoms. The van der Waals surface area contributed by atoms with Crippen LogP contribution in [0.5, 0.6) is 5.75 Å². The van der Waals surface area contributed by atoms with Crippen LogP contribution in [0.15, 0.2) is 18.2 Å². The molecule has 0 aliphatic carbocycles. The van der Waals surface area contributed by atoms with Crippen LogP contribution in [-0.4, -0.2) is 48.0 Å². The molecule has 1 aliphatic rings. The number of carboxylic acid groups (broad SMARTS) is 1. The van der Waals surface area contributed by atoms with Crippen molar-refractivity contribution in [3.8, 4) is 5.75 Å². The summed E-state index contributed by atoms with van der Waals surface area (Å²) in [6, 6.07) is 4.47. The smallest absolute Gasteiger partial charge is 0.335 e. The number of hydrogen-bond donors (Lipinski definition) is 1. The Morgan fingerprint density at radius 2 is 2.00 bits per heavy atom. The van der Waals surface area contributed by atoms with E-state index in [4.69, 9.17) is 9.84 Å². The van der Waals surface area contributed by atoms with Gasteiger partial charge < -0.3 is 14.7 Å². The fraction of sp³-hybridized carbons (Fsp3) is 0.556. The predicted octanol–water partition coefficient (Wildman–Crippen LogP) is 3.09. The van der Waals surface area contributed by atoms with Gasteiger partial charge in [-0.25, -0.2) is 4.79 Å². The highest BCUT2D eigenvalue weighted by Crippen LogP contribution is 2.23. The van der Waals surface area contributed by atoms with Crippen LogP contribution in [0, 0.1) is 5.92 Å². The number of nitrogens with zero attached hydrogens (tertiary/aromatic N) is 1. The van der Waals surface area contributed by atoms with Gasteiger partial charge in [-0.2, -0.15) is 0 Å². The molecule has 1 aromatic rings. The minimum Gasteiger partial charge on any atom is -0.493 e. The van der Waals surface area contributed by atoms with Crippen LogP contribution < -0.4 is 4.74 Å². The van der Waals surface area contributed by atoms with E-state index >= 15 is 0 Å². The van der Waals surface area contributed by atoms with Crippen LogP contribution in [0.4, 0.5) is 0 Å². The van der Waals surface area contributed by atoms with Gasteiger partial charge in [0, 0.05) is 13.0 Å². The highest BCUT2D eigenvalue weighted by molar-refractivity contribution is 6.01. The van der Waals surface area contributed by atoms with Crippen molar-refractivity contribution in [2.24, 2.45) is 5.92 Å². The van der Waals surface area contributed by atoms with E-state index in [1.165, 1.54) is 25.0 Å². The molecule has 0 saturated carbocycles. The third-order valence-electron chi connectivity index (χ3n) is 4.36. The number of ketones is 1. The van der Waals surface area contributed by atoms with Gasteiger partial charge >= 0.3 is 5.97 Å². The minimum atomic E-state index is -1.04. The Hall–Kier alpha value is -1.88. The topological polar surface area (TPSA) is 66.8 Å². The Labute approximate surface area is 137 Å². The van der Waals surface area contributed by atoms with Gasteiger partial charge in [-0.3, -0.25) is 4.79 Å². The van der Waals surface area contributed by atoms with Crippen molar-refractivity contribution in [3.05, 3.63) is 29.3 Å². The number of rotatable bonds is 7. The molecule has 5 nitrogen and oxygen atoms in total. The number of piperidine rings is 1. The van der Waals surface area contributed by atoms with Gasteiger partial charge in [0.25, 0.3) is 0 Å². The number of likely N-dealkylation sites (tertiary alicyclic amines) is 1. The van der Waals surface area contributed by atoms with Crippen LogP contribution in [0.1, 0.15) is 53.8 Å². The Morgan fingerprint density at radius 3 is 2.61 bits per heavy atom. The van der Waals surface area contributed by atoms with Crippen molar-refractivity contribution < 1.29 is 19.4 Å². The number of benzene rings is 1. The van der Waals surface area contributed by atoms with Gasteiger partial charge in [0.05, 0.1) is 17.7 Å². The number of carbonyl (C=O) groups excluding carboxylic acids is 1. The lowest BCUT2D eigenvalue weighted by atomic mass is 9.98. The number of carbonyl (C=O) groups is 2. The van der Waals surface area contributed by atoms with Crippen molar-refractivity contribution in [2.45, 2.75) is 33.1 Å². The molecule has 23 heavy (non-hydrogen) atoms. The van der Waals surface area contributed by atoms with Crippen molar-refractivity contribution in [1.82, 2.24) is 4.90 Å². The normalized spacial score (nSPS) is 16.3. The van der Waals surface area contributed by atoms with E-state index in [9.17, 15) is 9.59 Å². The molecule has 0 atom stereocenters. The molecule has 126 valence electrons. The summed E-state index contributed by atoms with van der Waals surface area (Å²) in [5.74, 6) is 0.135. The van der Waals surface area contributed by atoms with E-state index in [1.807, 2.05) is 6.92 Å². The maximum Gasteiger partial charge on any atom is 0.335 e. The average molecular weight is 319 g/mol. The second kappa shape index (κ2) is 8.11. The highest BCUT2D eigenvalue weighted by Gasteiger charge is 2.19. The monoisotopic (exact) mass is 319 g/mol. The maximum atomic E-state index is 12.5. The number of hydrogen-bond acceptors (Lipinski definition) is 4. The van der Waals surface area contributed by atoms with E-state index in [0.717, 1.165) is 19.0 Å². The molecule has 1 N–H and O–H groups in total.